The van der Waals surface area contributed by atoms with Gasteiger partial charge in [-0.3, -0.25) is 14.5 Å². The highest BCUT2D eigenvalue weighted by Gasteiger charge is 2.28. The van der Waals surface area contributed by atoms with Crippen molar-refractivity contribution in [2.45, 2.75) is 12.8 Å². The van der Waals surface area contributed by atoms with E-state index in [1.165, 1.54) is 0 Å². The van der Waals surface area contributed by atoms with Gasteiger partial charge in [-0.1, -0.05) is 30.3 Å². The minimum Gasteiger partial charge on any atom is -0.497 e. The number of likely N-dealkylation sites (tertiary alicyclic amines) is 1. The van der Waals surface area contributed by atoms with Crippen molar-refractivity contribution in [1.82, 2.24) is 9.80 Å². The number of hydrogen-bond donors (Lipinski definition) is 0. The van der Waals surface area contributed by atoms with E-state index in [-0.39, 0.29) is 17.6 Å². The summed E-state index contributed by atoms with van der Waals surface area (Å²) in [5.74, 6) is 1.36. The smallest absolute Gasteiger partial charge is 0.236 e. The van der Waals surface area contributed by atoms with Gasteiger partial charge in [0.25, 0.3) is 0 Å². The lowest BCUT2D eigenvalue weighted by molar-refractivity contribution is -0.133. The third kappa shape index (κ3) is 5.25. The van der Waals surface area contributed by atoms with Gasteiger partial charge in [-0.15, -0.1) is 0 Å². The molecule has 0 saturated carbocycles. The molecule has 2 aromatic rings. The topological polar surface area (TPSA) is 53.1 Å². The first-order chi connectivity index (χ1) is 15.1. The van der Waals surface area contributed by atoms with E-state index in [0.717, 1.165) is 69.1 Å². The number of anilines is 1. The SMILES string of the molecule is COc1ccc(N2CCN(C(=O)CN3CCC(C(=O)c4ccccc4)CC3)CC2)cc1. The number of benzene rings is 2. The fraction of sp³-hybridized carbons (Fsp3) is 0.440. The van der Waals surface area contributed by atoms with E-state index < -0.39 is 0 Å². The fourth-order valence-corrected chi connectivity index (χ4v) is 4.49. The molecule has 31 heavy (non-hydrogen) atoms. The normalized spacial score (nSPS) is 18.1. The van der Waals surface area contributed by atoms with Gasteiger partial charge in [-0.05, 0) is 50.2 Å². The maximum atomic E-state index is 12.8. The van der Waals surface area contributed by atoms with Crippen molar-refractivity contribution < 1.29 is 14.3 Å². The molecule has 0 spiro atoms. The molecular weight excluding hydrogens is 390 g/mol. The lowest BCUT2D eigenvalue weighted by Gasteiger charge is -2.38. The van der Waals surface area contributed by atoms with Crippen molar-refractivity contribution in [2.75, 3.05) is 57.8 Å². The minimum absolute atomic E-state index is 0.0711. The van der Waals surface area contributed by atoms with Crippen molar-refractivity contribution in [3.63, 3.8) is 0 Å². The number of amides is 1. The molecule has 2 aromatic carbocycles. The number of rotatable bonds is 6. The molecule has 0 radical (unpaired) electrons. The summed E-state index contributed by atoms with van der Waals surface area (Å²) in [6.07, 6.45) is 1.65. The zero-order valence-corrected chi connectivity index (χ0v) is 18.2. The second-order valence-electron chi connectivity index (χ2n) is 8.35. The van der Waals surface area contributed by atoms with Gasteiger partial charge in [0, 0.05) is 43.3 Å². The van der Waals surface area contributed by atoms with Gasteiger partial charge in [0.1, 0.15) is 5.75 Å². The first kappa shape index (κ1) is 21.4. The summed E-state index contributed by atoms with van der Waals surface area (Å²) in [6.45, 7) is 5.23. The Morgan fingerprint density at radius 2 is 1.52 bits per heavy atom. The van der Waals surface area contributed by atoms with Crippen molar-refractivity contribution in [3.8, 4) is 5.75 Å². The Balaban J connectivity index is 1.21. The summed E-state index contributed by atoms with van der Waals surface area (Å²) in [4.78, 5) is 32.0. The monoisotopic (exact) mass is 421 g/mol. The molecule has 2 saturated heterocycles. The van der Waals surface area contributed by atoms with Gasteiger partial charge in [0.05, 0.1) is 13.7 Å². The number of Topliss-reactive ketones (excluding diaryl/α,β-unsaturated/α-hetero) is 1. The maximum absolute atomic E-state index is 12.8. The quantitative estimate of drug-likeness (QED) is 0.672. The Labute approximate surface area is 184 Å². The van der Waals surface area contributed by atoms with Crippen molar-refractivity contribution in [1.29, 1.82) is 0 Å². The molecule has 0 bridgehead atoms. The van der Waals surface area contributed by atoms with Crippen LogP contribution in [0.3, 0.4) is 0 Å². The molecule has 0 unspecified atom stereocenters. The van der Waals surface area contributed by atoms with Gasteiger partial charge >= 0.3 is 0 Å². The highest BCUT2D eigenvalue weighted by molar-refractivity contribution is 5.97. The molecule has 2 aliphatic heterocycles. The number of nitrogens with zero attached hydrogens (tertiary/aromatic N) is 3. The van der Waals surface area contributed by atoms with Crippen LogP contribution in [-0.4, -0.2) is 74.4 Å². The number of carbonyl (C=O) groups excluding carboxylic acids is 2. The third-order valence-corrected chi connectivity index (χ3v) is 6.45. The Bertz CT molecular complexity index is 869. The van der Waals surface area contributed by atoms with E-state index in [2.05, 4.69) is 21.9 Å². The number of carbonyl (C=O) groups is 2. The fourth-order valence-electron chi connectivity index (χ4n) is 4.49. The van der Waals surface area contributed by atoms with Gasteiger partial charge < -0.3 is 14.5 Å². The first-order valence-electron chi connectivity index (χ1n) is 11.1. The van der Waals surface area contributed by atoms with Crippen LogP contribution in [0.5, 0.6) is 5.75 Å². The van der Waals surface area contributed by atoms with Crippen LogP contribution in [0.25, 0.3) is 0 Å². The van der Waals surface area contributed by atoms with Crippen LogP contribution in [0.1, 0.15) is 23.2 Å². The summed E-state index contributed by atoms with van der Waals surface area (Å²) in [7, 11) is 1.67. The summed E-state index contributed by atoms with van der Waals surface area (Å²) >= 11 is 0. The van der Waals surface area contributed by atoms with E-state index >= 15 is 0 Å². The number of ether oxygens (including phenoxy) is 1. The van der Waals surface area contributed by atoms with Crippen LogP contribution < -0.4 is 9.64 Å². The summed E-state index contributed by atoms with van der Waals surface area (Å²) < 4.78 is 5.22. The molecule has 2 fully saturated rings. The van der Waals surface area contributed by atoms with Crippen molar-refractivity contribution in [3.05, 3.63) is 60.2 Å². The third-order valence-electron chi connectivity index (χ3n) is 6.45. The lowest BCUT2D eigenvalue weighted by atomic mass is 9.89. The second-order valence-corrected chi connectivity index (χ2v) is 8.35. The van der Waals surface area contributed by atoms with Crippen LogP contribution in [-0.2, 0) is 4.79 Å². The predicted molar refractivity (Wildman–Crippen MR) is 122 cm³/mol. The standard InChI is InChI=1S/C25H31N3O3/c1-31-23-9-7-22(8-10-23)27-15-17-28(18-16-27)24(29)19-26-13-11-21(12-14-26)25(30)20-5-3-2-4-6-20/h2-10,21H,11-19H2,1H3. The Hall–Kier alpha value is -2.86. The van der Waals surface area contributed by atoms with E-state index in [9.17, 15) is 9.59 Å². The number of hydrogen-bond acceptors (Lipinski definition) is 5. The molecule has 0 atom stereocenters. The zero-order valence-electron chi connectivity index (χ0n) is 18.2. The highest BCUT2D eigenvalue weighted by atomic mass is 16.5. The van der Waals surface area contributed by atoms with Crippen LogP contribution in [0.15, 0.2) is 54.6 Å². The Morgan fingerprint density at radius 1 is 0.871 bits per heavy atom. The van der Waals surface area contributed by atoms with Crippen LogP contribution in [0.4, 0.5) is 5.69 Å². The molecule has 0 aromatic heterocycles. The van der Waals surface area contributed by atoms with Gasteiger partial charge in [0.15, 0.2) is 5.78 Å². The van der Waals surface area contributed by atoms with Gasteiger partial charge in [-0.25, -0.2) is 0 Å². The average molecular weight is 422 g/mol. The molecule has 2 aliphatic rings. The molecule has 164 valence electrons. The van der Waals surface area contributed by atoms with Crippen LogP contribution in [0, 0.1) is 5.92 Å². The van der Waals surface area contributed by atoms with E-state index in [4.69, 9.17) is 4.74 Å². The molecule has 6 heteroatoms. The Kier molecular flexibility index (Phi) is 6.87. The average Bonchev–Trinajstić information content (AvgIpc) is 2.85. The molecule has 0 aliphatic carbocycles. The molecular formula is C25H31N3O3. The van der Waals surface area contributed by atoms with Crippen molar-refractivity contribution in [2.24, 2.45) is 5.92 Å². The van der Waals surface area contributed by atoms with Crippen molar-refractivity contribution >= 4 is 17.4 Å². The number of methoxy groups -OCH3 is 1. The number of piperidine rings is 1. The minimum atomic E-state index is 0.0711. The lowest BCUT2D eigenvalue weighted by Crippen LogP contribution is -2.52. The van der Waals surface area contributed by atoms with Crippen LogP contribution in [0.2, 0.25) is 0 Å². The van der Waals surface area contributed by atoms with E-state index in [1.54, 1.807) is 7.11 Å². The molecule has 6 nitrogen and oxygen atoms in total. The largest absolute Gasteiger partial charge is 0.497 e. The molecule has 0 N–H and O–H groups in total. The van der Waals surface area contributed by atoms with E-state index in [0.29, 0.717) is 6.54 Å². The second kappa shape index (κ2) is 9.96. The van der Waals surface area contributed by atoms with Gasteiger partial charge in [-0.2, -0.15) is 0 Å². The molecule has 4 rings (SSSR count). The predicted octanol–water partition coefficient (Wildman–Crippen LogP) is 2.94. The Morgan fingerprint density at radius 3 is 2.13 bits per heavy atom. The summed E-state index contributed by atoms with van der Waals surface area (Å²) in [5.41, 5.74) is 1.96. The maximum Gasteiger partial charge on any atom is 0.236 e. The zero-order chi connectivity index (χ0) is 21.6. The number of ketones is 1. The highest BCUT2D eigenvalue weighted by Crippen LogP contribution is 2.23. The first-order valence-corrected chi connectivity index (χ1v) is 11.1. The molecule has 1 amide bonds. The molecule has 2 heterocycles. The van der Waals surface area contributed by atoms with Gasteiger partial charge in [0.2, 0.25) is 5.91 Å². The van der Waals surface area contributed by atoms with Crippen LogP contribution >= 0.6 is 0 Å². The number of piperazine rings is 1. The summed E-state index contributed by atoms with van der Waals surface area (Å²) in [5, 5.41) is 0. The van der Waals surface area contributed by atoms with E-state index in [1.807, 2.05) is 47.4 Å². The summed E-state index contributed by atoms with van der Waals surface area (Å²) in [6, 6.07) is 17.6.